The number of rotatable bonds is 4. The van der Waals surface area contributed by atoms with Crippen LogP contribution < -0.4 is 11.1 Å². The van der Waals surface area contributed by atoms with Gasteiger partial charge < -0.3 is 16.2 Å². The third kappa shape index (κ3) is 5.50. The average molecular weight is 415 g/mol. The standard InChI is InChI=1S/C14H15N5OS.C2HF3O2/c1-19-11(6-9(7-15)18-19)14(20)16-8-13-17-10-4-2-3-5-12(10)21-13;3-2(4,5)1(6)7/h2-6H,7-8,15H2,1H3,(H,16,20);(H,6,7). The number of hydrogen-bond donors (Lipinski definition) is 3. The van der Waals surface area contributed by atoms with Crippen LogP contribution in [-0.2, 0) is 24.9 Å². The lowest BCUT2D eigenvalue weighted by Crippen LogP contribution is -2.25. The summed E-state index contributed by atoms with van der Waals surface area (Å²) < 4.78 is 34.4. The van der Waals surface area contributed by atoms with Crippen molar-refractivity contribution in [2.45, 2.75) is 19.3 Å². The number of amides is 1. The number of carboxylic acid groups (broad SMARTS) is 1. The third-order valence-electron chi connectivity index (χ3n) is 3.35. The number of alkyl halides is 3. The van der Waals surface area contributed by atoms with Crippen molar-refractivity contribution in [1.82, 2.24) is 20.1 Å². The lowest BCUT2D eigenvalue weighted by Gasteiger charge is -2.02. The van der Waals surface area contributed by atoms with Crippen molar-refractivity contribution in [3.05, 3.63) is 46.7 Å². The van der Waals surface area contributed by atoms with E-state index in [0.717, 1.165) is 15.2 Å². The monoisotopic (exact) mass is 415 g/mol. The minimum Gasteiger partial charge on any atom is -0.475 e. The van der Waals surface area contributed by atoms with Crippen LogP contribution >= 0.6 is 11.3 Å². The van der Waals surface area contributed by atoms with Gasteiger partial charge in [-0.15, -0.1) is 11.3 Å². The molecule has 0 atom stereocenters. The number of thiazole rings is 1. The molecule has 0 unspecified atom stereocenters. The number of carbonyl (C=O) groups is 2. The molecule has 12 heteroatoms. The van der Waals surface area contributed by atoms with Crippen LogP contribution in [0.2, 0.25) is 0 Å². The Morgan fingerprint density at radius 2 is 1.96 bits per heavy atom. The van der Waals surface area contributed by atoms with Crippen LogP contribution in [-0.4, -0.2) is 37.9 Å². The summed E-state index contributed by atoms with van der Waals surface area (Å²) >= 11 is 1.58. The lowest BCUT2D eigenvalue weighted by molar-refractivity contribution is -0.192. The molecule has 0 aliphatic carbocycles. The molecule has 150 valence electrons. The van der Waals surface area contributed by atoms with Crippen LogP contribution in [0, 0.1) is 0 Å². The third-order valence-corrected chi connectivity index (χ3v) is 4.39. The summed E-state index contributed by atoms with van der Waals surface area (Å²) in [5.74, 6) is -2.93. The second-order valence-corrected chi connectivity index (χ2v) is 6.52. The zero-order valence-corrected chi connectivity index (χ0v) is 15.3. The first-order valence-electron chi connectivity index (χ1n) is 7.77. The van der Waals surface area contributed by atoms with Crippen LogP contribution in [0.3, 0.4) is 0 Å². The Balaban J connectivity index is 0.000000345. The first-order chi connectivity index (χ1) is 13.1. The molecule has 2 heterocycles. The van der Waals surface area contributed by atoms with E-state index in [9.17, 15) is 18.0 Å². The molecular weight excluding hydrogens is 399 g/mol. The second kappa shape index (κ2) is 8.80. The number of carboxylic acids is 1. The Labute approximate surface area is 160 Å². The number of nitrogens with zero attached hydrogens (tertiary/aromatic N) is 3. The molecule has 0 saturated carbocycles. The van der Waals surface area contributed by atoms with Crippen molar-refractivity contribution in [3.8, 4) is 0 Å². The fourth-order valence-electron chi connectivity index (χ4n) is 2.08. The maximum atomic E-state index is 12.1. The van der Waals surface area contributed by atoms with Crippen molar-refractivity contribution in [3.63, 3.8) is 0 Å². The van der Waals surface area contributed by atoms with E-state index in [0.29, 0.717) is 24.5 Å². The van der Waals surface area contributed by atoms with E-state index in [1.54, 1.807) is 24.5 Å². The summed E-state index contributed by atoms with van der Waals surface area (Å²) in [6.07, 6.45) is -5.08. The highest BCUT2D eigenvalue weighted by Crippen LogP contribution is 2.21. The van der Waals surface area contributed by atoms with E-state index < -0.39 is 12.1 Å². The smallest absolute Gasteiger partial charge is 0.475 e. The number of nitrogens with one attached hydrogen (secondary N) is 1. The van der Waals surface area contributed by atoms with Crippen LogP contribution in [0.5, 0.6) is 0 Å². The van der Waals surface area contributed by atoms with E-state index in [-0.39, 0.29) is 5.91 Å². The van der Waals surface area contributed by atoms with Crippen LogP contribution in [0.1, 0.15) is 21.2 Å². The van der Waals surface area contributed by atoms with Gasteiger partial charge in [0, 0.05) is 13.6 Å². The van der Waals surface area contributed by atoms with Crippen molar-refractivity contribution in [1.29, 1.82) is 0 Å². The van der Waals surface area contributed by atoms with E-state index in [1.165, 1.54) is 4.68 Å². The molecule has 28 heavy (non-hydrogen) atoms. The Hall–Kier alpha value is -2.99. The number of carbonyl (C=O) groups excluding carboxylic acids is 1. The van der Waals surface area contributed by atoms with Crippen molar-refractivity contribution < 1.29 is 27.9 Å². The van der Waals surface area contributed by atoms with Crippen molar-refractivity contribution >= 4 is 33.4 Å². The van der Waals surface area contributed by atoms with Gasteiger partial charge in [0.15, 0.2) is 0 Å². The normalized spacial score (nSPS) is 11.0. The molecule has 0 aliphatic heterocycles. The zero-order chi connectivity index (χ0) is 20.9. The fraction of sp³-hybridized carbons (Fsp3) is 0.250. The van der Waals surface area contributed by atoms with E-state index in [2.05, 4.69) is 15.4 Å². The van der Waals surface area contributed by atoms with Gasteiger partial charge in [-0.1, -0.05) is 12.1 Å². The molecule has 0 fully saturated rings. The highest BCUT2D eigenvalue weighted by molar-refractivity contribution is 7.18. The van der Waals surface area contributed by atoms with Gasteiger partial charge in [0.2, 0.25) is 0 Å². The number of para-hydroxylation sites is 1. The largest absolute Gasteiger partial charge is 0.490 e. The molecule has 4 N–H and O–H groups in total. The van der Waals surface area contributed by atoms with E-state index in [4.69, 9.17) is 15.6 Å². The molecule has 0 bridgehead atoms. The summed E-state index contributed by atoms with van der Waals surface area (Å²) in [5.41, 5.74) is 7.67. The summed E-state index contributed by atoms with van der Waals surface area (Å²) in [6.45, 7) is 0.723. The van der Waals surface area contributed by atoms with E-state index >= 15 is 0 Å². The number of nitrogens with two attached hydrogens (primary N) is 1. The molecule has 1 amide bonds. The Kier molecular flexibility index (Phi) is 6.70. The topological polar surface area (TPSA) is 123 Å². The molecule has 0 spiro atoms. The molecular formula is C16H16F3N5O3S. The summed E-state index contributed by atoms with van der Waals surface area (Å²) in [4.78, 5) is 25.5. The minimum atomic E-state index is -5.08. The molecule has 3 rings (SSSR count). The minimum absolute atomic E-state index is 0.177. The highest BCUT2D eigenvalue weighted by atomic mass is 32.1. The number of halogens is 3. The number of benzene rings is 1. The van der Waals surface area contributed by atoms with Gasteiger partial charge in [-0.05, 0) is 18.2 Å². The summed E-state index contributed by atoms with van der Waals surface area (Å²) in [7, 11) is 1.73. The lowest BCUT2D eigenvalue weighted by atomic mass is 10.3. The predicted octanol–water partition coefficient (Wildman–Crippen LogP) is 2.05. The fourth-order valence-corrected chi connectivity index (χ4v) is 2.99. The van der Waals surface area contributed by atoms with Gasteiger partial charge in [-0.3, -0.25) is 9.48 Å². The molecule has 1 aromatic carbocycles. The summed E-state index contributed by atoms with van der Waals surface area (Å²) in [6, 6.07) is 9.62. The van der Waals surface area contributed by atoms with Gasteiger partial charge in [-0.25, -0.2) is 9.78 Å². The first-order valence-corrected chi connectivity index (χ1v) is 8.59. The SMILES string of the molecule is Cn1nc(CN)cc1C(=O)NCc1nc2ccccc2s1.O=C(O)C(F)(F)F. The maximum Gasteiger partial charge on any atom is 0.490 e. The highest BCUT2D eigenvalue weighted by Gasteiger charge is 2.38. The van der Waals surface area contributed by atoms with Crippen LogP contribution in [0.4, 0.5) is 13.2 Å². The zero-order valence-electron chi connectivity index (χ0n) is 14.5. The number of aliphatic carboxylic acids is 1. The van der Waals surface area contributed by atoms with Crippen LogP contribution in [0.15, 0.2) is 30.3 Å². The first kappa shape index (κ1) is 21.3. The molecule has 8 nitrogen and oxygen atoms in total. The maximum absolute atomic E-state index is 12.1. The quantitative estimate of drug-likeness (QED) is 0.599. The summed E-state index contributed by atoms with van der Waals surface area (Å²) in [5, 5.41) is 15.0. The van der Waals surface area contributed by atoms with Gasteiger partial charge in [-0.2, -0.15) is 18.3 Å². The Morgan fingerprint density at radius 3 is 2.50 bits per heavy atom. The molecule has 2 aromatic heterocycles. The molecule has 0 radical (unpaired) electrons. The Morgan fingerprint density at radius 1 is 1.32 bits per heavy atom. The molecule has 0 saturated heterocycles. The van der Waals surface area contributed by atoms with Gasteiger partial charge in [0.25, 0.3) is 5.91 Å². The molecule has 3 aromatic rings. The van der Waals surface area contributed by atoms with Crippen molar-refractivity contribution in [2.24, 2.45) is 12.8 Å². The number of fused-ring (bicyclic) bond motifs is 1. The molecule has 0 aliphatic rings. The number of aromatic nitrogens is 3. The number of aryl methyl sites for hydroxylation is 1. The van der Waals surface area contributed by atoms with Gasteiger partial charge in [0.1, 0.15) is 10.7 Å². The van der Waals surface area contributed by atoms with Gasteiger partial charge >= 0.3 is 12.1 Å². The van der Waals surface area contributed by atoms with Crippen molar-refractivity contribution in [2.75, 3.05) is 0 Å². The second-order valence-electron chi connectivity index (χ2n) is 5.41. The predicted molar refractivity (Wildman–Crippen MR) is 95.6 cm³/mol. The Bertz CT molecular complexity index is 950. The average Bonchev–Trinajstić information content (AvgIpc) is 3.22. The van der Waals surface area contributed by atoms with Gasteiger partial charge in [0.05, 0.1) is 22.5 Å². The number of hydrogen-bond acceptors (Lipinski definition) is 6. The van der Waals surface area contributed by atoms with Crippen LogP contribution in [0.25, 0.3) is 10.2 Å². The van der Waals surface area contributed by atoms with E-state index in [1.807, 2.05) is 24.3 Å².